The van der Waals surface area contributed by atoms with Crippen molar-refractivity contribution in [1.82, 2.24) is 0 Å². The summed E-state index contributed by atoms with van der Waals surface area (Å²) in [5.41, 5.74) is 9.04. The molecule has 1 aromatic rings. The highest BCUT2D eigenvalue weighted by Gasteiger charge is 2.35. The molecule has 0 aliphatic heterocycles. The number of rotatable bonds is 5. The van der Waals surface area contributed by atoms with Gasteiger partial charge in [0.15, 0.2) is 0 Å². The lowest BCUT2D eigenvalue weighted by Crippen LogP contribution is -2.45. The molecule has 1 aromatic carbocycles. The summed E-state index contributed by atoms with van der Waals surface area (Å²) >= 11 is 0. The Morgan fingerprint density at radius 3 is 2.11 bits per heavy atom. The average molecular weight is 245 g/mol. The number of benzene rings is 1. The van der Waals surface area contributed by atoms with Crippen LogP contribution in [0.25, 0.3) is 0 Å². The Bertz CT molecular complexity index is 389. The van der Waals surface area contributed by atoms with Crippen molar-refractivity contribution < 1.29 is 0 Å². The summed E-state index contributed by atoms with van der Waals surface area (Å²) in [5, 5.41) is 0. The van der Waals surface area contributed by atoms with Gasteiger partial charge in [-0.25, -0.2) is 0 Å². The monoisotopic (exact) mass is 245 g/mol. The van der Waals surface area contributed by atoms with Gasteiger partial charge >= 0.3 is 0 Å². The lowest BCUT2D eigenvalue weighted by Gasteiger charge is -2.39. The van der Waals surface area contributed by atoms with Crippen molar-refractivity contribution in [2.75, 3.05) is 0 Å². The molecule has 1 heteroatoms. The normalized spacial score (nSPS) is 16.1. The van der Waals surface area contributed by atoms with E-state index in [2.05, 4.69) is 65.0 Å². The standard InChI is InChI=1S/C17H27N/c1-6-10-16(13(2)3)17(18,14(4)5)15-11-8-7-9-12-15/h7-14H,6,18H2,1-5H3. The van der Waals surface area contributed by atoms with Crippen LogP contribution in [0.5, 0.6) is 0 Å². The van der Waals surface area contributed by atoms with E-state index >= 15 is 0 Å². The second-order valence-electron chi connectivity index (χ2n) is 5.61. The Labute approximate surface area is 112 Å². The summed E-state index contributed by atoms with van der Waals surface area (Å²) in [7, 11) is 0. The molecule has 0 amide bonds. The Hall–Kier alpha value is -1.08. The Morgan fingerprint density at radius 1 is 1.17 bits per heavy atom. The summed E-state index contributed by atoms with van der Waals surface area (Å²) in [6.45, 7) is 11.1. The van der Waals surface area contributed by atoms with Crippen molar-refractivity contribution in [2.45, 2.75) is 46.6 Å². The third-order valence-corrected chi connectivity index (χ3v) is 3.69. The lowest BCUT2D eigenvalue weighted by atomic mass is 9.71. The smallest absolute Gasteiger partial charge is 0.0650 e. The van der Waals surface area contributed by atoms with Gasteiger partial charge < -0.3 is 5.73 Å². The van der Waals surface area contributed by atoms with E-state index in [9.17, 15) is 0 Å². The van der Waals surface area contributed by atoms with Gasteiger partial charge in [0.25, 0.3) is 0 Å². The quantitative estimate of drug-likeness (QED) is 0.760. The average Bonchev–Trinajstić information content (AvgIpc) is 2.35. The topological polar surface area (TPSA) is 26.0 Å². The zero-order valence-corrected chi connectivity index (χ0v) is 12.4. The van der Waals surface area contributed by atoms with Crippen LogP contribution < -0.4 is 5.73 Å². The van der Waals surface area contributed by atoms with Crippen molar-refractivity contribution >= 4 is 0 Å². The summed E-state index contributed by atoms with van der Waals surface area (Å²) in [6.07, 6.45) is 3.34. The molecule has 0 aromatic heterocycles. The first-order valence-electron chi connectivity index (χ1n) is 6.99. The second kappa shape index (κ2) is 6.19. The summed E-state index contributed by atoms with van der Waals surface area (Å²) in [5.74, 6) is 0.845. The molecule has 0 aliphatic rings. The third-order valence-electron chi connectivity index (χ3n) is 3.69. The predicted octanol–water partition coefficient (Wildman–Crippen LogP) is 4.49. The summed E-state index contributed by atoms with van der Waals surface area (Å²) in [4.78, 5) is 0. The highest BCUT2D eigenvalue weighted by Crippen LogP contribution is 2.38. The zero-order valence-electron chi connectivity index (χ0n) is 12.4. The summed E-state index contributed by atoms with van der Waals surface area (Å²) < 4.78 is 0. The van der Waals surface area contributed by atoms with E-state index in [4.69, 9.17) is 5.73 Å². The van der Waals surface area contributed by atoms with E-state index in [1.165, 1.54) is 11.1 Å². The molecular formula is C17H27N. The van der Waals surface area contributed by atoms with E-state index in [0.29, 0.717) is 11.8 Å². The molecule has 0 radical (unpaired) electrons. The van der Waals surface area contributed by atoms with Crippen molar-refractivity contribution in [1.29, 1.82) is 0 Å². The Morgan fingerprint density at radius 2 is 1.72 bits per heavy atom. The molecule has 18 heavy (non-hydrogen) atoms. The molecule has 1 rings (SSSR count). The first kappa shape index (κ1) is 15.0. The van der Waals surface area contributed by atoms with Gasteiger partial charge in [-0.15, -0.1) is 0 Å². The third kappa shape index (κ3) is 2.84. The number of hydrogen-bond donors (Lipinski definition) is 1. The minimum Gasteiger partial charge on any atom is -0.318 e. The van der Waals surface area contributed by atoms with Crippen LogP contribution in [0.1, 0.15) is 46.6 Å². The molecule has 1 unspecified atom stereocenters. The minimum atomic E-state index is -0.356. The minimum absolute atomic E-state index is 0.356. The maximum Gasteiger partial charge on any atom is 0.0650 e. The largest absolute Gasteiger partial charge is 0.318 e. The molecule has 0 spiro atoms. The lowest BCUT2D eigenvalue weighted by molar-refractivity contribution is 0.347. The van der Waals surface area contributed by atoms with Crippen LogP contribution in [0.15, 0.2) is 42.0 Å². The molecule has 0 saturated heterocycles. The van der Waals surface area contributed by atoms with Gasteiger partial charge in [-0.3, -0.25) is 0 Å². The van der Waals surface area contributed by atoms with E-state index < -0.39 is 0 Å². The first-order valence-corrected chi connectivity index (χ1v) is 6.99. The van der Waals surface area contributed by atoms with Crippen molar-refractivity contribution in [2.24, 2.45) is 17.6 Å². The zero-order chi connectivity index (χ0) is 13.8. The molecule has 0 heterocycles. The van der Waals surface area contributed by atoms with Crippen LogP contribution in [0.3, 0.4) is 0 Å². The number of nitrogens with two attached hydrogens (primary N) is 1. The van der Waals surface area contributed by atoms with Crippen molar-refractivity contribution in [3.63, 3.8) is 0 Å². The molecule has 1 atom stereocenters. The van der Waals surface area contributed by atoms with E-state index in [1.54, 1.807) is 0 Å². The molecule has 0 bridgehead atoms. The first-order chi connectivity index (χ1) is 8.44. The molecule has 2 N–H and O–H groups in total. The summed E-state index contributed by atoms with van der Waals surface area (Å²) in [6, 6.07) is 10.5. The van der Waals surface area contributed by atoms with E-state index in [0.717, 1.165) is 6.42 Å². The Balaban J connectivity index is 3.35. The van der Waals surface area contributed by atoms with Crippen LogP contribution in [-0.2, 0) is 5.54 Å². The van der Waals surface area contributed by atoms with Gasteiger partial charge in [-0.2, -0.15) is 0 Å². The SMILES string of the molecule is CCC=C(C(C)C)C(N)(c1ccccc1)C(C)C. The predicted molar refractivity (Wildman–Crippen MR) is 80.4 cm³/mol. The van der Waals surface area contributed by atoms with Crippen LogP contribution in [-0.4, -0.2) is 0 Å². The molecule has 0 saturated carbocycles. The molecular weight excluding hydrogens is 218 g/mol. The fourth-order valence-corrected chi connectivity index (χ4v) is 2.65. The van der Waals surface area contributed by atoms with Crippen LogP contribution in [0, 0.1) is 11.8 Å². The van der Waals surface area contributed by atoms with Gasteiger partial charge in [-0.1, -0.05) is 71.0 Å². The number of allylic oxidation sites excluding steroid dienone is 1. The molecule has 0 aliphatic carbocycles. The fraction of sp³-hybridized carbons (Fsp3) is 0.529. The van der Waals surface area contributed by atoms with Gasteiger partial charge in [-0.05, 0) is 29.4 Å². The maximum absolute atomic E-state index is 6.83. The van der Waals surface area contributed by atoms with Gasteiger partial charge in [0.1, 0.15) is 0 Å². The van der Waals surface area contributed by atoms with Crippen LogP contribution in [0.4, 0.5) is 0 Å². The Kier molecular flexibility index (Phi) is 5.15. The van der Waals surface area contributed by atoms with Crippen LogP contribution in [0.2, 0.25) is 0 Å². The van der Waals surface area contributed by atoms with Crippen LogP contribution >= 0.6 is 0 Å². The van der Waals surface area contributed by atoms with Gasteiger partial charge in [0, 0.05) is 0 Å². The number of hydrogen-bond acceptors (Lipinski definition) is 1. The highest BCUT2D eigenvalue weighted by molar-refractivity contribution is 5.36. The maximum atomic E-state index is 6.83. The van der Waals surface area contributed by atoms with Crippen molar-refractivity contribution in [3.8, 4) is 0 Å². The van der Waals surface area contributed by atoms with Crippen molar-refractivity contribution in [3.05, 3.63) is 47.5 Å². The van der Waals surface area contributed by atoms with Gasteiger partial charge in [0.2, 0.25) is 0 Å². The molecule has 0 fully saturated rings. The molecule has 1 nitrogen and oxygen atoms in total. The fourth-order valence-electron chi connectivity index (χ4n) is 2.65. The highest BCUT2D eigenvalue weighted by atomic mass is 14.8. The van der Waals surface area contributed by atoms with E-state index in [-0.39, 0.29) is 5.54 Å². The van der Waals surface area contributed by atoms with Gasteiger partial charge in [0.05, 0.1) is 5.54 Å². The molecule has 100 valence electrons. The van der Waals surface area contributed by atoms with E-state index in [1.807, 2.05) is 6.07 Å². The second-order valence-corrected chi connectivity index (χ2v) is 5.61.